The molecule has 0 aliphatic carbocycles. The van der Waals surface area contributed by atoms with Crippen LogP contribution in [0.3, 0.4) is 0 Å². The zero-order valence-corrected chi connectivity index (χ0v) is 15.1. The number of hydrogen-bond donors (Lipinski definition) is 1. The Kier molecular flexibility index (Phi) is 5.23. The number of anilines is 1. The first kappa shape index (κ1) is 17.0. The van der Waals surface area contributed by atoms with Gasteiger partial charge in [0.25, 0.3) is 0 Å². The number of thiazole rings is 1. The summed E-state index contributed by atoms with van der Waals surface area (Å²) < 4.78 is 0. The minimum absolute atomic E-state index is 0.0752. The molecule has 3 rings (SSSR count). The third kappa shape index (κ3) is 3.33. The molecule has 6 nitrogen and oxygen atoms in total. The van der Waals surface area contributed by atoms with E-state index in [2.05, 4.69) is 44.9 Å². The second-order valence-corrected chi connectivity index (χ2v) is 7.14. The van der Waals surface area contributed by atoms with Gasteiger partial charge >= 0.3 is 0 Å². The van der Waals surface area contributed by atoms with Crippen molar-refractivity contribution in [3.8, 4) is 0 Å². The maximum absolute atomic E-state index is 8.53. The predicted molar refractivity (Wildman–Crippen MR) is 95.8 cm³/mol. The molecule has 0 bridgehead atoms. The van der Waals surface area contributed by atoms with Crippen LogP contribution in [0.1, 0.15) is 34.4 Å². The summed E-state index contributed by atoms with van der Waals surface area (Å²) in [5.41, 5.74) is 4.79. The Morgan fingerprint density at radius 2 is 2.17 bits per heavy atom. The van der Waals surface area contributed by atoms with Gasteiger partial charge in [0.1, 0.15) is 11.6 Å². The molecule has 1 aliphatic heterocycles. The highest BCUT2D eigenvalue weighted by Gasteiger charge is 2.18. The van der Waals surface area contributed by atoms with E-state index in [0.717, 1.165) is 30.1 Å². The van der Waals surface area contributed by atoms with Crippen LogP contribution >= 0.6 is 11.3 Å². The molecule has 0 amide bonds. The average molecular weight is 346 g/mol. The maximum atomic E-state index is 8.53. The zero-order chi connectivity index (χ0) is 17.1. The van der Waals surface area contributed by atoms with Gasteiger partial charge in [0.2, 0.25) is 0 Å². The summed E-state index contributed by atoms with van der Waals surface area (Å²) in [5, 5.41) is 17.9. The van der Waals surface area contributed by atoms with Crippen molar-refractivity contribution in [1.29, 1.82) is 0 Å². The molecule has 0 saturated heterocycles. The quantitative estimate of drug-likeness (QED) is 0.473. The molecule has 0 fully saturated rings. The van der Waals surface area contributed by atoms with Gasteiger partial charge in [-0.2, -0.15) is 0 Å². The van der Waals surface area contributed by atoms with E-state index in [9.17, 15) is 0 Å². The van der Waals surface area contributed by atoms with Crippen molar-refractivity contribution < 1.29 is 10.1 Å². The van der Waals surface area contributed by atoms with E-state index < -0.39 is 0 Å². The van der Waals surface area contributed by atoms with Gasteiger partial charge in [-0.05, 0) is 56.9 Å². The monoisotopic (exact) mass is 346 g/mol. The highest BCUT2D eigenvalue weighted by molar-refractivity contribution is 7.12. The van der Waals surface area contributed by atoms with E-state index in [1.165, 1.54) is 34.6 Å². The van der Waals surface area contributed by atoms with Crippen LogP contribution in [-0.2, 0) is 17.9 Å². The lowest BCUT2D eigenvalue weighted by molar-refractivity contribution is -0.252. The van der Waals surface area contributed by atoms with Crippen molar-refractivity contribution in [3.63, 3.8) is 0 Å². The minimum atomic E-state index is 0.0752. The van der Waals surface area contributed by atoms with Crippen LogP contribution in [0.2, 0.25) is 0 Å². The largest absolute Gasteiger partial charge is 0.372 e. The van der Waals surface area contributed by atoms with Crippen LogP contribution < -0.4 is 4.90 Å². The topological polar surface area (TPSA) is 70.3 Å². The smallest absolute Gasteiger partial charge is 0.188 e. The molecule has 0 radical (unpaired) electrons. The Bertz CT molecular complexity index is 757. The van der Waals surface area contributed by atoms with Gasteiger partial charge in [-0.3, -0.25) is 5.26 Å². The van der Waals surface area contributed by atoms with Gasteiger partial charge in [0.15, 0.2) is 5.82 Å². The molecule has 1 aromatic heterocycles. The SMILES string of the molecule is CCN1CCCc2c1ccc(N=Nc1nc(COO)sc1C)c2C. The highest BCUT2D eigenvalue weighted by Crippen LogP contribution is 2.35. The number of azo groups is 1. The maximum Gasteiger partial charge on any atom is 0.188 e. The lowest BCUT2D eigenvalue weighted by Crippen LogP contribution is -2.29. The van der Waals surface area contributed by atoms with E-state index >= 15 is 0 Å². The zero-order valence-electron chi connectivity index (χ0n) is 14.2. The van der Waals surface area contributed by atoms with E-state index in [-0.39, 0.29) is 6.61 Å². The van der Waals surface area contributed by atoms with Crippen molar-refractivity contribution in [2.45, 2.75) is 40.2 Å². The van der Waals surface area contributed by atoms with Crippen molar-refractivity contribution in [3.05, 3.63) is 33.1 Å². The van der Waals surface area contributed by atoms with Crippen LogP contribution in [0.4, 0.5) is 17.2 Å². The normalized spacial score (nSPS) is 14.4. The van der Waals surface area contributed by atoms with Gasteiger partial charge in [-0.25, -0.2) is 9.87 Å². The Morgan fingerprint density at radius 1 is 1.33 bits per heavy atom. The number of nitrogens with zero attached hydrogens (tertiary/aromatic N) is 4. The van der Waals surface area contributed by atoms with Gasteiger partial charge in [0.05, 0.1) is 5.69 Å². The second-order valence-electron chi connectivity index (χ2n) is 5.85. The van der Waals surface area contributed by atoms with Gasteiger partial charge in [-0.15, -0.1) is 21.6 Å². The summed E-state index contributed by atoms with van der Waals surface area (Å²) >= 11 is 1.45. The van der Waals surface area contributed by atoms with Crippen molar-refractivity contribution in [2.24, 2.45) is 10.2 Å². The Morgan fingerprint density at radius 3 is 2.92 bits per heavy atom. The molecule has 2 heterocycles. The third-order valence-corrected chi connectivity index (χ3v) is 5.31. The van der Waals surface area contributed by atoms with Crippen LogP contribution in [0.15, 0.2) is 22.4 Å². The molecule has 0 spiro atoms. The summed E-state index contributed by atoms with van der Waals surface area (Å²) in [6, 6.07) is 4.18. The standard InChI is InChI=1S/C17H22N4O2S/c1-4-21-9-5-6-13-11(2)14(7-8-15(13)21)19-20-17-12(3)24-16(18-17)10-23-22/h7-8,22H,4-6,9-10H2,1-3H3. The van der Waals surface area contributed by atoms with Crippen molar-refractivity contribution >= 4 is 28.5 Å². The van der Waals surface area contributed by atoms with Crippen LogP contribution in [0.25, 0.3) is 0 Å². The molecule has 0 saturated carbocycles. The number of rotatable bonds is 5. The van der Waals surface area contributed by atoms with Crippen molar-refractivity contribution in [2.75, 3.05) is 18.0 Å². The first-order valence-corrected chi connectivity index (χ1v) is 8.97. The first-order chi connectivity index (χ1) is 11.6. The van der Waals surface area contributed by atoms with E-state index in [4.69, 9.17) is 5.26 Å². The molecule has 1 aromatic carbocycles. The van der Waals surface area contributed by atoms with E-state index in [1.807, 2.05) is 13.0 Å². The fourth-order valence-corrected chi connectivity index (χ4v) is 3.87. The Balaban J connectivity index is 1.88. The number of fused-ring (bicyclic) bond motifs is 1. The molecule has 1 aliphatic rings. The van der Waals surface area contributed by atoms with Crippen molar-refractivity contribution in [1.82, 2.24) is 4.98 Å². The van der Waals surface area contributed by atoms with Crippen LogP contribution in [0, 0.1) is 13.8 Å². The average Bonchev–Trinajstić information content (AvgIpc) is 2.94. The summed E-state index contributed by atoms with van der Waals surface area (Å²) in [7, 11) is 0. The number of aryl methyl sites for hydroxylation is 1. The fourth-order valence-electron chi connectivity index (χ4n) is 3.10. The van der Waals surface area contributed by atoms with Gasteiger partial charge < -0.3 is 4.90 Å². The van der Waals surface area contributed by atoms with Gasteiger partial charge in [-0.1, -0.05) is 0 Å². The first-order valence-electron chi connectivity index (χ1n) is 8.15. The molecule has 7 heteroatoms. The Labute approximate surface area is 145 Å². The van der Waals surface area contributed by atoms with Crippen LogP contribution in [-0.4, -0.2) is 23.3 Å². The lowest BCUT2D eigenvalue weighted by Gasteiger charge is -2.31. The lowest BCUT2D eigenvalue weighted by atomic mass is 9.96. The molecule has 0 atom stereocenters. The predicted octanol–water partition coefficient (Wildman–Crippen LogP) is 4.94. The number of benzene rings is 1. The summed E-state index contributed by atoms with van der Waals surface area (Å²) in [6.45, 7) is 8.47. The molecular weight excluding hydrogens is 324 g/mol. The third-order valence-electron chi connectivity index (χ3n) is 4.38. The highest BCUT2D eigenvalue weighted by atomic mass is 32.1. The molecule has 0 unspecified atom stereocenters. The summed E-state index contributed by atoms with van der Waals surface area (Å²) in [5.74, 6) is 0.583. The Hall–Kier alpha value is -1.83. The molecule has 2 aromatic rings. The van der Waals surface area contributed by atoms with E-state index in [0.29, 0.717) is 10.8 Å². The minimum Gasteiger partial charge on any atom is -0.372 e. The molecule has 1 N–H and O–H groups in total. The number of hydrogen-bond acceptors (Lipinski definition) is 7. The molecule has 128 valence electrons. The summed E-state index contributed by atoms with van der Waals surface area (Å²) in [4.78, 5) is 11.8. The van der Waals surface area contributed by atoms with Crippen LogP contribution in [0.5, 0.6) is 0 Å². The van der Waals surface area contributed by atoms with E-state index in [1.54, 1.807) is 0 Å². The van der Waals surface area contributed by atoms with Gasteiger partial charge in [0, 0.05) is 23.7 Å². The second kappa shape index (κ2) is 7.38. The number of aromatic nitrogens is 1. The molecule has 24 heavy (non-hydrogen) atoms. The summed E-state index contributed by atoms with van der Waals surface area (Å²) in [6.07, 6.45) is 2.27. The molecular formula is C17H22N4O2S. The fraction of sp³-hybridized carbons (Fsp3) is 0.471.